The van der Waals surface area contributed by atoms with Gasteiger partial charge >= 0.3 is 0 Å². The summed E-state index contributed by atoms with van der Waals surface area (Å²) in [6.45, 7) is 8.61. The van der Waals surface area contributed by atoms with Gasteiger partial charge in [0.05, 0.1) is 19.3 Å². The van der Waals surface area contributed by atoms with E-state index in [-0.39, 0.29) is 18.2 Å². The van der Waals surface area contributed by atoms with Gasteiger partial charge in [-0.25, -0.2) is 0 Å². The molecule has 4 nitrogen and oxygen atoms in total. The van der Waals surface area contributed by atoms with E-state index >= 15 is 0 Å². The second-order valence-corrected chi connectivity index (χ2v) is 5.27. The molecule has 0 spiro atoms. The summed E-state index contributed by atoms with van der Waals surface area (Å²) in [7, 11) is 1.64. The van der Waals surface area contributed by atoms with Crippen molar-refractivity contribution in [1.82, 2.24) is 5.32 Å². The van der Waals surface area contributed by atoms with E-state index in [9.17, 15) is 5.11 Å². The molecule has 0 aliphatic rings. The molecular weight excluding hydrogens is 254 g/mol. The van der Waals surface area contributed by atoms with Gasteiger partial charge in [0.15, 0.2) is 11.5 Å². The van der Waals surface area contributed by atoms with Crippen molar-refractivity contribution < 1.29 is 14.6 Å². The molecule has 4 heteroatoms. The van der Waals surface area contributed by atoms with Gasteiger partial charge in [0.1, 0.15) is 0 Å². The molecular formula is C16H27NO3. The van der Waals surface area contributed by atoms with Crippen molar-refractivity contribution in [3.05, 3.63) is 23.8 Å². The van der Waals surface area contributed by atoms with Gasteiger partial charge in [-0.3, -0.25) is 0 Å². The largest absolute Gasteiger partial charge is 0.493 e. The topological polar surface area (TPSA) is 50.7 Å². The summed E-state index contributed by atoms with van der Waals surface area (Å²) in [6.07, 6.45) is 0.567. The summed E-state index contributed by atoms with van der Waals surface area (Å²) in [6, 6.07) is 6.09. The fourth-order valence-corrected chi connectivity index (χ4v) is 1.88. The molecule has 0 radical (unpaired) electrons. The molecule has 1 rings (SSSR count). The van der Waals surface area contributed by atoms with Crippen molar-refractivity contribution in [1.29, 1.82) is 0 Å². The third-order valence-corrected chi connectivity index (χ3v) is 3.18. The van der Waals surface area contributed by atoms with Crippen LogP contribution in [0, 0.1) is 0 Å². The van der Waals surface area contributed by atoms with Crippen molar-refractivity contribution >= 4 is 0 Å². The Kier molecular flexibility index (Phi) is 6.82. The monoisotopic (exact) mass is 281 g/mol. The van der Waals surface area contributed by atoms with Crippen molar-refractivity contribution in [3.8, 4) is 11.5 Å². The number of aliphatic hydroxyl groups is 1. The molecule has 0 aromatic heterocycles. The molecule has 0 aliphatic carbocycles. The lowest BCUT2D eigenvalue weighted by atomic mass is 10.1. The lowest BCUT2D eigenvalue weighted by Gasteiger charge is -2.19. The Labute approximate surface area is 122 Å². The van der Waals surface area contributed by atoms with Gasteiger partial charge in [-0.15, -0.1) is 0 Å². The predicted octanol–water partition coefficient (Wildman–Crippen LogP) is 2.90. The molecule has 0 amide bonds. The van der Waals surface area contributed by atoms with Crippen LogP contribution in [0.1, 0.15) is 45.7 Å². The molecule has 0 heterocycles. The zero-order valence-corrected chi connectivity index (χ0v) is 13.1. The first-order chi connectivity index (χ1) is 9.47. The highest BCUT2D eigenvalue weighted by Crippen LogP contribution is 2.31. The molecule has 0 saturated carbocycles. The Morgan fingerprint density at radius 3 is 2.45 bits per heavy atom. The molecule has 1 aromatic rings. The lowest BCUT2D eigenvalue weighted by molar-refractivity contribution is 0.163. The van der Waals surface area contributed by atoms with Gasteiger partial charge in [0.2, 0.25) is 0 Å². The zero-order chi connectivity index (χ0) is 15.1. The first kappa shape index (κ1) is 16.8. The van der Waals surface area contributed by atoms with Gasteiger partial charge in [-0.2, -0.15) is 0 Å². The third kappa shape index (κ3) is 5.02. The zero-order valence-electron chi connectivity index (χ0n) is 13.1. The highest BCUT2D eigenvalue weighted by Gasteiger charge is 2.12. The summed E-state index contributed by atoms with van der Waals surface area (Å²) in [5.41, 5.74) is 1.11. The molecule has 2 atom stereocenters. The summed E-state index contributed by atoms with van der Waals surface area (Å²) in [5, 5.41) is 12.9. The van der Waals surface area contributed by atoms with E-state index in [1.165, 1.54) is 0 Å². The van der Waals surface area contributed by atoms with Crippen LogP contribution in [0.3, 0.4) is 0 Å². The number of ether oxygens (including phenoxy) is 2. The van der Waals surface area contributed by atoms with Crippen LogP contribution in [-0.2, 0) is 0 Å². The maximum Gasteiger partial charge on any atom is 0.161 e. The number of methoxy groups -OCH3 is 1. The molecule has 0 saturated heterocycles. The van der Waals surface area contributed by atoms with Crippen LogP contribution in [0.4, 0.5) is 0 Å². The summed E-state index contributed by atoms with van der Waals surface area (Å²) in [5.74, 6) is 1.49. The Bertz CT molecular complexity index is 407. The maximum atomic E-state index is 9.59. The van der Waals surface area contributed by atoms with Crippen molar-refractivity contribution in [2.24, 2.45) is 0 Å². The molecule has 114 valence electrons. The normalized spacial score (nSPS) is 14.2. The van der Waals surface area contributed by atoms with Crippen LogP contribution in [-0.4, -0.2) is 31.0 Å². The van der Waals surface area contributed by atoms with E-state index in [0.29, 0.717) is 6.54 Å². The number of rotatable bonds is 8. The second kappa shape index (κ2) is 8.12. The van der Waals surface area contributed by atoms with Gasteiger partial charge in [-0.05, 0) is 44.9 Å². The van der Waals surface area contributed by atoms with Crippen molar-refractivity contribution in [2.75, 3.05) is 13.7 Å². The number of benzene rings is 1. The van der Waals surface area contributed by atoms with Crippen LogP contribution < -0.4 is 14.8 Å². The first-order valence-electron chi connectivity index (χ1n) is 7.23. The van der Waals surface area contributed by atoms with Gasteiger partial charge < -0.3 is 19.9 Å². The van der Waals surface area contributed by atoms with Gasteiger partial charge in [0.25, 0.3) is 0 Å². The Hall–Kier alpha value is -1.26. The number of aliphatic hydroxyl groups excluding tert-OH is 1. The van der Waals surface area contributed by atoms with Crippen molar-refractivity contribution in [2.45, 2.75) is 52.4 Å². The smallest absolute Gasteiger partial charge is 0.161 e. The Morgan fingerprint density at radius 1 is 1.20 bits per heavy atom. The highest BCUT2D eigenvalue weighted by atomic mass is 16.5. The predicted molar refractivity (Wildman–Crippen MR) is 81.5 cm³/mol. The van der Waals surface area contributed by atoms with E-state index in [1.807, 2.05) is 39.0 Å². The van der Waals surface area contributed by atoms with Crippen LogP contribution in [0.15, 0.2) is 18.2 Å². The summed E-state index contributed by atoms with van der Waals surface area (Å²) in [4.78, 5) is 0. The van der Waals surface area contributed by atoms with Crippen LogP contribution in [0.2, 0.25) is 0 Å². The fraction of sp³-hybridized carbons (Fsp3) is 0.625. The minimum absolute atomic E-state index is 0.116. The second-order valence-electron chi connectivity index (χ2n) is 5.27. The first-order valence-corrected chi connectivity index (χ1v) is 7.23. The quantitative estimate of drug-likeness (QED) is 0.769. The molecule has 2 unspecified atom stereocenters. The Balaban J connectivity index is 2.75. The Morgan fingerprint density at radius 2 is 1.90 bits per heavy atom. The standard InChI is InChI=1S/C16H27NO3/c1-6-14(18)10-17-12(4)13-7-8-15(20-11(2)3)16(9-13)19-5/h7-9,11-12,14,17-18H,6,10H2,1-5H3. The van der Waals surface area contributed by atoms with Crippen LogP contribution in [0.5, 0.6) is 11.5 Å². The fourth-order valence-electron chi connectivity index (χ4n) is 1.88. The SMILES string of the molecule is CCC(O)CNC(C)c1ccc(OC(C)C)c(OC)c1. The minimum Gasteiger partial charge on any atom is -0.493 e. The van der Waals surface area contributed by atoms with E-state index in [0.717, 1.165) is 23.5 Å². The highest BCUT2D eigenvalue weighted by molar-refractivity contribution is 5.43. The number of hydrogen-bond acceptors (Lipinski definition) is 4. The van der Waals surface area contributed by atoms with Gasteiger partial charge in [0, 0.05) is 12.6 Å². The molecule has 1 aromatic carbocycles. The van der Waals surface area contributed by atoms with Crippen LogP contribution >= 0.6 is 0 Å². The van der Waals surface area contributed by atoms with E-state index < -0.39 is 0 Å². The molecule has 0 aliphatic heterocycles. The van der Waals surface area contributed by atoms with Crippen molar-refractivity contribution in [3.63, 3.8) is 0 Å². The third-order valence-electron chi connectivity index (χ3n) is 3.18. The average molecular weight is 281 g/mol. The molecule has 20 heavy (non-hydrogen) atoms. The number of nitrogens with one attached hydrogen (secondary N) is 1. The minimum atomic E-state index is -0.303. The van der Waals surface area contributed by atoms with E-state index in [4.69, 9.17) is 9.47 Å². The van der Waals surface area contributed by atoms with E-state index in [2.05, 4.69) is 12.2 Å². The summed E-state index contributed by atoms with van der Waals surface area (Å²) >= 11 is 0. The summed E-state index contributed by atoms with van der Waals surface area (Å²) < 4.78 is 11.1. The lowest BCUT2D eigenvalue weighted by Crippen LogP contribution is -2.28. The average Bonchev–Trinajstić information content (AvgIpc) is 2.44. The van der Waals surface area contributed by atoms with Crippen LogP contribution in [0.25, 0.3) is 0 Å². The maximum absolute atomic E-state index is 9.59. The van der Waals surface area contributed by atoms with Gasteiger partial charge in [-0.1, -0.05) is 13.0 Å². The molecule has 0 fully saturated rings. The molecule has 0 bridgehead atoms. The molecule has 2 N–H and O–H groups in total. The number of hydrogen-bond donors (Lipinski definition) is 2. The van der Waals surface area contributed by atoms with E-state index in [1.54, 1.807) is 7.11 Å².